The van der Waals surface area contributed by atoms with Gasteiger partial charge in [0, 0.05) is 15.7 Å². The van der Waals surface area contributed by atoms with Crippen LogP contribution in [0.25, 0.3) is 0 Å². The molecule has 0 atom stereocenters. The van der Waals surface area contributed by atoms with Crippen LogP contribution in [0.2, 0.25) is 0 Å². The van der Waals surface area contributed by atoms with E-state index in [1.165, 1.54) is 0 Å². The lowest BCUT2D eigenvalue weighted by molar-refractivity contribution is -0.146. The quantitative estimate of drug-likeness (QED) is 0.676. The summed E-state index contributed by atoms with van der Waals surface area (Å²) in [6.07, 6.45) is 0.858. The number of aryl methyl sites for hydroxylation is 1. The first kappa shape index (κ1) is 19.7. The minimum atomic E-state index is -0.687. The van der Waals surface area contributed by atoms with Gasteiger partial charge in [0.15, 0.2) is 6.61 Å². The standard InChI is InChI=1S/C19H19BrN2O4/c1-2-13-4-3-5-16(10-13)22-17(23)12-26-18(24)11-21-19(25)14-6-8-15(20)9-7-14/h3-10H,2,11-12H2,1H3,(H,21,25)(H,22,23). The fourth-order valence-corrected chi connectivity index (χ4v) is 2.38. The summed E-state index contributed by atoms with van der Waals surface area (Å²) in [6.45, 7) is 1.29. The average molecular weight is 419 g/mol. The zero-order valence-corrected chi connectivity index (χ0v) is 15.8. The van der Waals surface area contributed by atoms with E-state index in [1.54, 1.807) is 30.3 Å². The van der Waals surface area contributed by atoms with E-state index < -0.39 is 24.4 Å². The van der Waals surface area contributed by atoms with E-state index in [-0.39, 0.29) is 6.54 Å². The molecule has 0 saturated carbocycles. The Kier molecular flexibility index (Phi) is 7.35. The van der Waals surface area contributed by atoms with E-state index >= 15 is 0 Å². The van der Waals surface area contributed by atoms with Gasteiger partial charge in [-0.1, -0.05) is 35.0 Å². The number of nitrogens with one attached hydrogen (secondary N) is 2. The van der Waals surface area contributed by atoms with Crippen LogP contribution in [0.3, 0.4) is 0 Å². The molecule has 0 unspecified atom stereocenters. The second kappa shape index (κ2) is 9.72. The van der Waals surface area contributed by atoms with E-state index in [1.807, 2.05) is 25.1 Å². The van der Waals surface area contributed by atoms with Crippen LogP contribution in [0, 0.1) is 0 Å². The number of anilines is 1. The number of benzene rings is 2. The Morgan fingerprint density at radius 3 is 2.50 bits per heavy atom. The van der Waals surface area contributed by atoms with Gasteiger partial charge in [0.25, 0.3) is 11.8 Å². The van der Waals surface area contributed by atoms with Crippen molar-refractivity contribution in [2.75, 3.05) is 18.5 Å². The SMILES string of the molecule is CCc1cccc(NC(=O)COC(=O)CNC(=O)c2ccc(Br)cc2)c1. The van der Waals surface area contributed by atoms with Crippen LogP contribution in [0.15, 0.2) is 53.0 Å². The molecule has 0 aliphatic carbocycles. The van der Waals surface area contributed by atoms with Crippen molar-refractivity contribution in [1.29, 1.82) is 0 Å². The molecule has 2 aromatic rings. The van der Waals surface area contributed by atoms with Crippen LogP contribution in [0.4, 0.5) is 5.69 Å². The molecular weight excluding hydrogens is 400 g/mol. The molecule has 0 saturated heterocycles. The maximum Gasteiger partial charge on any atom is 0.325 e. The summed E-state index contributed by atoms with van der Waals surface area (Å²) >= 11 is 3.28. The number of hydrogen-bond acceptors (Lipinski definition) is 4. The van der Waals surface area contributed by atoms with E-state index in [0.717, 1.165) is 16.5 Å². The number of rotatable bonds is 7. The minimum absolute atomic E-state index is 0.312. The fourth-order valence-electron chi connectivity index (χ4n) is 2.12. The Hall–Kier alpha value is -2.67. The van der Waals surface area contributed by atoms with Gasteiger partial charge >= 0.3 is 5.97 Å². The zero-order chi connectivity index (χ0) is 18.9. The molecule has 2 aromatic carbocycles. The smallest absolute Gasteiger partial charge is 0.325 e. The molecule has 26 heavy (non-hydrogen) atoms. The van der Waals surface area contributed by atoms with Crippen LogP contribution in [-0.2, 0) is 20.7 Å². The van der Waals surface area contributed by atoms with Gasteiger partial charge in [0.05, 0.1) is 0 Å². The van der Waals surface area contributed by atoms with Crippen molar-refractivity contribution in [2.24, 2.45) is 0 Å². The number of carbonyl (C=O) groups excluding carboxylic acids is 3. The largest absolute Gasteiger partial charge is 0.454 e. The summed E-state index contributed by atoms with van der Waals surface area (Å²) in [6, 6.07) is 14.1. The summed E-state index contributed by atoms with van der Waals surface area (Å²) in [7, 11) is 0. The fraction of sp³-hybridized carbons (Fsp3) is 0.211. The normalized spacial score (nSPS) is 10.1. The molecule has 0 bridgehead atoms. The third-order valence-corrected chi connectivity index (χ3v) is 4.01. The van der Waals surface area contributed by atoms with Crippen molar-refractivity contribution in [3.63, 3.8) is 0 Å². The van der Waals surface area contributed by atoms with Gasteiger partial charge in [0.2, 0.25) is 0 Å². The number of amides is 2. The molecule has 0 aliphatic heterocycles. The minimum Gasteiger partial charge on any atom is -0.454 e. The van der Waals surface area contributed by atoms with Crippen LogP contribution in [0.5, 0.6) is 0 Å². The topological polar surface area (TPSA) is 84.5 Å². The number of esters is 1. The molecule has 0 fully saturated rings. The van der Waals surface area contributed by atoms with Crippen LogP contribution < -0.4 is 10.6 Å². The van der Waals surface area contributed by atoms with E-state index in [2.05, 4.69) is 26.6 Å². The highest BCUT2D eigenvalue weighted by molar-refractivity contribution is 9.10. The molecule has 0 aromatic heterocycles. The Labute approximate surface area is 160 Å². The Morgan fingerprint density at radius 1 is 1.08 bits per heavy atom. The predicted molar refractivity (Wildman–Crippen MR) is 102 cm³/mol. The lowest BCUT2D eigenvalue weighted by Gasteiger charge is -2.08. The van der Waals surface area contributed by atoms with E-state index in [4.69, 9.17) is 4.74 Å². The van der Waals surface area contributed by atoms with Crippen molar-refractivity contribution in [2.45, 2.75) is 13.3 Å². The predicted octanol–water partition coefficient (Wildman–Crippen LogP) is 2.92. The summed E-state index contributed by atoms with van der Waals surface area (Å²) in [5, 5.41) is 5.11. The first-order valence-electron chi connectivity index (χ1n) is 8.06. The summed E-state index contributed by atoms with van der Waals surface area (Å²) < 4.78 is 5.72. The Morgan fingerprint density at radius 2 is 1.81 bits per heavy atom. The second-order valence-electron chi connectivity index (χ2n) is 5.45. The van der Waals surface area contributed by atoms with Crippen molar-refractivity contribution < 1.29 is 19.1 Å². The number of ether oxygens (including phenoxy) is 1. The molecule has 0 aliphatic rings. The monoisotopic (exact) mass is 418 g/mol. The van der Waals surface area contributed by atoms with Crippen molar-refractivity contribution >= 4 is 39.4 Å². The molecule has 0 heterocycles. The van der Waals surface area contributed by atoms with Crippen LogP contribution in [0.1, 0.15) is 22.8 Å². The zero-order valence-electron chi connectivity index (χ0n) is 14.3. The molecule has 0 radical (unpaired) electrons. The molecule has 2 N–H and O–H groups in total. The van der Waals surface area contributed by atoms with Gasteiger partial charge in [-0.15, -0.1) is 0 Å². The highest BCUT2D eigenvalue weighted by Crippen LogP contribution is 2.11. The molecule has 2 amide bonds. The lowest BCUT2D eigenvalue weighted by Crippen LogP contribution is -2.32. The van der Waals surface area contributed by atoms with E-state index in [9.17, 15) is 14.4 Å². The van der Waals surface area contributed by atoms with Gasteiger partial charge in [-0.3, -0.25) is 14.4 Å². The molecule has 136 valence electrons. The summed E-state index contributed by atoms with van der Waals surface area (Å²) in [5.74, 6) is -1.52. The van der Waals surface area contributed by atoms with Gasteiger partial charge in [-0.25, -0.2) is 0 Å². The van der Waals surface area contributed by atoms with Gasteiger partial charge < -0.3 is 15.4 Å². The number of carbonyl (C=O) groups is 3. The second-order valence-corrected chi connectivity index (χ2v) is 6.37. The van der Waals surface area contributed by atoms with Crippen molar-refractivity contribution in [3.05, 3.63) is 64.1 Å². The molecule has 0 spiro atoms. The Balaban J connectivity index is 1.73. The maximum atomic E-state index is 11.9. The molecule has 2 rings (SSSR count). The molecular formula is C19H19BrN2O4. The molecule has 7 heteroatoms. The van der Waals surface area contributed by atoms with Crippen molar-refractivity contribution in [3.8, 4) is 0 Å². The van der Waals surface area contributed by atoms with Crippen LogP contribution >= 0.6 is 15.9 Å². The highest BCUT2D eigenvalue weighted by atomic mass is 79.9. The third-order valence-electron chi connectivity index (χ3n) is 3.48. The van der Waals surface area contributed by atoms with Crippen molar-refractivity contribution in [1.82, 2.24) is 5.32 Å². The first-order chi connectivity index (χ1) is 12.5. The average Bonchev–Trinajstić information content (AvgIpc) is 2.65. The first-order valence-corrected chi connectivity index (χ1v) is 8.85. The maximum absolute atomic E-state index is 11.9. The van der Waals surface area contributed by atoms with Crippen LogP contribution in [-0.4, -0.2) is 30.9 Å². The summed E-state index contributed by atoms with van der Waals surface area (Å²) in [5.41, 5.74) is 2.17. The van der Waals surface area contributed by atoms with E-state index in [0.29, 0.717) is 11.3 Å². The Bertz CT molecular complexity index is 790. The van der Waals surface area contributed by atoms with Gasteiger partial charge in [0.1, 0.15) is 6.54 Å². The molecule has 6 nitrogen and oxygen atoms in total. The number of hydrogen-bond donors (Lipinski definition) is 2. The summed E-state index contributed by atoms with van der Waals surface area (Å²) in [4.78, 5) is 35.4. The number of halogens is 1. The highest BCUT2D eigenvalue weighted by Gasteiger charge is 2.11. The lowest BCUT2D eigenvalue weighted by atomic mass is 10.1. The van der Waals surface area contributed by atoms with Gasteiger partial charge in [-0.2, -0.15) is 0 Å². The van der Waals surface area contributed by atoms with Gasteiger partial charge in [-0.05, 0) is 48.4 Å². The third kappa shape index (κ3) is 6.33.